The summed E-state index contributed by atoms with van der Waals surface area (Å²) in [5, 5.41) is 0.466. The van der Waals surface area contributed by atoms with Crippen LogP contribution in [-0.4, -0.2) is 67.4 Å². The van der Waals surface area contributed by atoms with Gasteiger partial charge in [-0.2, -0.15) is 9.29 Å². The molecule has 1 aromatic heterocycles. The van der Waals surface area contributed by atoms with Crippen LogP contribution in [0.5, 0.6) is 11.6 Å². The molecule has 0 atom stereocenters. The summed E-state index contributed by atoms with van der Waals surface area (Å²) in [6, 6.07) is 11.8. The lowest BCUT2D eigenvalue weighted by atomic mass is 10.1. The van der Waals surface area contributed by atoms with Gasteiger partial charge in [0.05, 0.1) is 16.2 Å². The smallest absolute Gasteiger partial charge is 0.243 e. The maximum absolute atomic E-state index is 13.4. The predicted octanol–water partition coefficient (Wildman–Crippen LogP) is 3.56. The Kier molecular flexibility index (Phi) is 6.63. The molecule has 0 unspecified atom stereocenters. The molecule has 8 nitrogen and oxygen atoms in total. The molecule has 1 fully saturated rings. The lowest BCUT2D eigenvalue weighted by Crippen LogP contribution is -2.45. The standard InChI is InChI=1S/C24H25ClFN5O3S/c1-29-12-14-30(15-13-29)24-27-22-10-11-31(35(32,33)20-8-2-17(25)3-9-20)16-21(22)23(28-24)34-19-6-4-18(26)5-7-19/h2-9H,10-16H2,1H3. The van der Waals surface area contributed by atoms with Crippen molar-refractivity contribution in [2.75, 3.05) is 44.7 Å². The molecule has 5 rings (SSSR count). The number of anilines is 1. The van der Waals surface area contributed by atoms with Crippen LogP contribution >= 0.6 is 11.6 Å². The SMILES string of the molecule is CN1CCN(c2nc3c(c(Oc4ccc(F)cc4)n2)CN(S(=O)(=O)c2ccc(Cl)cc2)CC3)CC1. The van der Waals surface area contributed by atoms with E-state index in [1.807, 2.05) is 0 Å². The van der Waals surface area contributed by atoms with E-state index < -0.39 is 10.0 Å². The minimum Gasteiger partial charge on any atom is -0.438 e. The molecule has 3 heterocycles. The van der Waals surface area contributed by atoms with Crippen LogP contribution in [0.25, 0.3) is 0 Å². The zero-order valence-electron chi connectivity index (χ0n) is 19.2. The number of sulfonamides is 1. The number of hydrogen-bond acceptors (Lipinski definition) is 7. The van der Waals surface area contributed by atoms with E-state index in [2.05, 4.69) is 16.8 Å². The van der Waals surface area contributed by atoms with E-state index >= 15 is 0 Å². The second-order valence-corrected chi connectivity index (χ2v) is 11.0. The fourth-order valence-corrected chi connectivity index (χ4v) is 5.69. The zero-order valence-corrected chi connectivity index (χ0v) is 20.8. The Labute approximate surface area is 209 Å². The Morgan fingerprint density at radius 3 is 2.31 bits per heavy atom. The number of benzene rings is 2. The Balaban J connectivity index is 1.50. The third-order valence-electron chi connectivity index (χ3n) is 6.24. The van der Waals surface area contributed by atoms with Crippen LogP contribution in [0.2, 0.25) is 5.02 Å². The van der Waals surface area contributed by atoms with Crippen molar-refractivity contribution in [2.24, 2.45) is 0 Å². The first-order valence-corrected chi connectivity index (χ1v) is 13.1. The average molecular weight is 518 g/mol. The van der Waals surface area contributed by atoms with Gasteiger partial charge in [-0.1, -0.05) is 11.6 Å². The summed E-state index contributed by atoms with van der Waals surface area (Å²) >= 11 is 5.94. The normalized spacial score (nSPS) is 17.3. The summed E-state index contributed by atoms with van der Waals surface area (Å²) in [5.41, 5.74) is 1.37. The number of nitrogens with zero attached hydrogens (tertiary/aromatic N) is 5. The number of ether oxygens (including phenoxy) is 1. The molecule has 3 aromatic rings. The molecule has 0 saturated carbocycles. The lowest BCUT2D eigenvalue weighted by Gasteiger charge is -2.34. The first kappa shape index (κ1) is 23.9. The first-order valence-electron chi connectivity index (χ1n) is 11.3. The van der Waals surface area contributed by atoms with E-state index in [1.165, 1.54) is 40.7 Å². The van der Waals surface area contributed by atoms with E-state index in [0.717, 1.165) is 31.9 Å². The third kappa shape index (κ3) is 5.11. The Bertz CT molecular complexity index is 1310. The molecule has 0 bridgehead atoms. The van der Waals surface area contributed by atoms with Crippen molar-refractivity contribution < 1.29 is 17.5 Å². The lowest BCUT2D eigenvalue weighted by molar-refractivity contribution is 0.310. The van der Waals surface area contributed by atoms with Gasteiger partial charge in [0.25, 0.3) is 0 Å². The third-order valence-corrected chi connectivity index (χ3v) is 8.35. The predicted molar refractivity (Wildman–Crippen MR) is 131 cm³/mol. The zero-order chi connectivity index (χ0) is 24.6. The quantitative estimate of drug-likeness (QED) is 0.512. The van der Waals surface area contributed by atoms with Crippen LogP contribution in [0.15, 0.2) is 53.4 Å². The molecule has 0 radical (unpaired) electrons. The molecular weight excluding hydrogens is 493 g/mol. The van der Waals surface area contributed by atoms with Crippen molar-refractivity contribution in [1.29, 1.82) is 0 Å². The highest BCUT2D eigenvalue weighted by Gasteiger charge is 2.32. The van der Waals surface area contributed by atoms with Gasteiger partial charge >= 0.3 is 0 Å². The minimum absolute atomic E-state index is 0.0693. The van der Waals surface area contributed by atoms with Crippen LogP contribution in [0.1, 0.15) is 11.3 Å². The number of rotatable bonds is 5. The highest BCUT2D eigenvalue weighted by atomic mass is 35.5. The second-order valence-electron chi connectivity index (χ2n) is 8.64. The van der Waals surface area contributed by atoms with Crippen LogP contribution in [-0.2, 0) is 23.0 Å². The van der Waals surface area contributed by atoms with Gasteiger partial charge in [0.15, 0.2) is 0 Å². The number of aromatic nitrogens is 2. The monoisotopic (exact) mass is 517 g/mol. The van der Waals surface area contributed by atoms with Crippen molar-refractivity contribution in [3.05, 3.63) is 70.6 Å². The van der Waals surface area contributed by atoms with Gasteiger partial charge in [-0.3, -0.25) is 0 Å². The van der Waals surface area contributed by atoms with Gasteiger partial charge in [-0.15, -0.1) is 0 Å². The summed E-state index contributed by atoms with van der Waals surface area (Å²) in [6.45, 7) is 3.70. The maximum atomic E-state index is 13.4. The molecule has 2 aliphatic heterocycles. The molecule has 1 saturated heterocycles. The van der Waals surface area contributed by atoms with Gasteiger partial charge < -0.3 is 14.5 Å². The maximum Gasteiger partial charge on any atom is 0.243 e. The van der Waals surface area contributed by atoms with Crippen molar-refractivity contribution in [3.8, 4) is 11.6 Å². The van der Waals surface area contributed by atoms with Crippen molar-refractivity contribution in [1.82, 2.24) is 19.2 Å². The van der Waals surface area contributed by atoms with Crippen LogP contribution in [0.4, 0.5) is 10.3 Å². The van der Waals surface area contributed by atoms with E-state index in [9.17, 15) is 12.8 Å². The average Bonchev–Trinajstić information content (AvgIpc) is 2.86. The molecular formula is C24H25ClFN5O3S. The van der Waals surface area contributed by atoms with Crippen molar-refractivity contribution >= 4 is 27.6 Å². The summed E-state index contributed by atoms with van der Waals surface area (Å²) in [7, 11) is -1.68. The molecule has 2 aromatic carbocycles. The summed E-state index contributed by atoms with van der Waals surface area (Å²) < 4.78 is 47.5. The van der Waals surface area contributed by atoms with Crippen molar-refractivity contribution in [3.63, 3.8) is 0 Å². The molecule has 0 spiro atoms. The van der Waals surface area contributed by atoms with E-state index in [0.29, 0.717) is 28.7 Å². The van der Waals surface area contributed by atoms with Gasteiger partial charge in [-0.05, 0) is 55.6 Å². The second kappa shape index (κ2) is 9.69. The Morgan fingerprint density at radius 1 is 0.943 bits per heavy atom. The van der Waals surface area contributed by atoms with Crippen LogP contribution < -0.4 is 9.64 Å². The van der Waals surface area contributed by atoms with Gasteiger partial charge in [0.1, 0.15) is 11.6 Å². The Morgan fingerprint density at radius 2 is 1.63 bits per heavy atom. The first-order chi connectivity index (χ1) is 16.8. The van der Waals surface area contributed by atoms with E-state index in [4.69, 9.17) is 26.3 Å². The molecule has 184 valence electrons. The minimum atomic E-state index is -3.76. The number of halogens is 2. The molecule has 0 aliphatic carbocycles. The summed E-state index contributed by atoms with van der Waals surface area (Å²) in [6.07, 6.45) is 0.422. The molecule has 0 amide bonds. The van der Waals surface area contributed by atoms with Crippen LogP contribution in [0.3, 0.4) is 0 Å². The summed E-state index contributed by atoms with van der Waals surface area (Å²) in [4.78, 5) is 14.0. The fourth-order valence-electron chi connectivity index (χ4n) is 4.15. The van der Waals surface area contributed by atoms with Crippen LogP contribution in [0, 0.1) is 5.82 Å². The molecule has 11 heteroatoms. The van der Waals surface area contributed by atoms with Gasteiger partial charge in [0.2, 0.25) is 21.9 Å². The van der Waals surface area contributed by atoms with Gasteiger partial charge in [-0.25, -0.2) is 17.8 Å². The Hall–Kier alpha value is -2.79. The number of hydrogen-bond donors (Lipinski definition) is 0. The van der Waals surface area contributed by atoms with E-state index in [-0.39, 0.29) is 29.7 Å². The van der Waals surface area contributed by atoms with Gasteiger partial charge in [0, 0.05) is 50.7 Å². The fraction of sp³-hybridized carbons (Fsp3) is 0.333. The number of fused-ring (bicyclic) bond motifs is 1. The topological polar surface area (TPSA) is 78.9 Å². The van der Waals surface area contributed by atoms with E-state index in [1.54, 1.807) is 12.1 Å². The largest absolute Gasteiger partial charge is 0.438 e. The van der Waals surface area contributed by atoms with Crippen molar-refractivity contribution in [2.45, 2.75) is 17.9 Å². The highest BCUT2D eigenvalue weighted by Crippen LogP contribution is 2.33. The summed E-state index contributed by atoms with van der Waals surface area (Å²) in [5.74, 6) is 0.879. The number of likely N-dealkylation sites (N-methyl/N-ethyl adjacent to an activating group) is 1. The number of piperazine rings is 1. The molecule has 2 aliphatic rings. The molecule has 35 heavy (non-hydrogen) atoms. The molecule has 0 N–H and O–H groups in total. The highest BCUT2D eigenvalue weighted by molar-refractivity contribution is 7.89.